The molecule has 1 saturated heterocycles. The molecule has 1 aliphatic heterocycles. The van der Waals surface area contributed by atoms with Crippen molar-refractivity contribution < 1.29 is 4.84 Å². The first-order chi connectivity index (χ1) is 2.93. The van der Waals surface area contributed by atoms with E-state index in [4.69, 9.17) is 5.90 Å². The van der Waals surface area contributed by atoms with E-state index in [-0.39, 0.29) is 30.9 Å². The molecule has 0 aliphatic carbocycles. The van der Waals surface area contributed by atoms with Gasteiger partial charge in [0, 0.05) is 13.1 Å². The third-order valence-electron chi connectivity index (χ3n) is 0.936. The Morgan fingerprint density at radius 2 is 1.88 bits per heavy atom. The van der Waals surface area contributed by atoms with Crippen molar-refractivity contribution in [1.82, 2.24) is 5.32 Å². The van der Waals surface area contributed by atoms with Gasteiger partial charge in [-0.1, -0.05) is 0 Å². The smallest absolute Gasteiger partial charge is 0.103 e. The molecule has 1 heterocycles. The molecule has 0 amide bonds. The van der Waals surface area contributed by atoms with E-state index in [0.717, 1.165) is 13.1 Å². The van der Waals surface area contributed by atoms with Gasteiger partial charge in [-0.15, -0.1) is 24.8 Å². The minimum Gasteiger partial charge on any atom is -0.311 e. The molecule has 52 valence electrons. The van der Waals surface area contributed by atoms with Crippen LogP contribution in [0.25, 0.3) is 0 Å². The van der Waals surface area contributed by atoms with Crippen molar-refractivity contribution in [2.45, 2.75) is 6.10 Å². The van der Waals surface area contributed by atoms with Crippen LogP contribution in [0.15, 0.2) is 0 Å². The molecule has 0 radical (unpaired) electrons. The van der Waals surface area contributed by atoms with Crippen LogP contribution in [0.5, 0.6) is 0 Å². The zero-order chi connectivity index (χ0) is 4.41. The molecule has 0 unspecified atom stereocenters. The van der Waals surface area contributed by atoms with Gasteiger partial charge >= 0.3 is 0 Å². The average Bonchev–Trinajstić information content (AvgIpc) is 1.31. The lowest BCUT2D eigenvalue weighted by molar-refractivity contribution is 0.0182. The van der Waals surface area contributed by atoms with Crippen LogP contribution < -0.4 is 11.2 Å². The molecule has 8 heavy (non-hydrogen) atoms. The van der Waals surface area contributed by atoms with Gasteiger partial charge in [0.05, 0.1) is 0 Å². The van der Waals surface area contributed by atoms with E-state index in [0.29, 0.717) is 0 Å². The van der Waals surface area contributed by atoms with E-state index < -0.39 is 0 Å². The Hall–Kier alpha value is 0.460. The molecule has 1 fully saturated rings. The molecule has 5 heteroatoms. The van der Waals surface area contributed by atoms with Crippen LogP contribution in [0, 0.1) is 0 Å². The quantitative estimate of drug-likeness (QED) is 0.518. The second-order valence-electron chi connectivity index (χ2n) is 1.42. The molecular formula is C3H10Cl2N2O. The van der Waals surface area contributed by atoms with Crippen molar-refractivity contribution in [3.05, 3.63) is 0 Å². The number of hydrogen-bond donors (Lipinski definition) is 2. The van der Waals surface area contributed by atoms with Crippen molar-refractivity contribution in [1.29, 1.82) is 0 Å². The maximum Gasteiger partial charge on any atom is 0.103 e. The highest BCUT2D eigenvalue weighted by Crippen LogP contribution is 1.90. The molecule has 0 aromatic heterocycles. The number of halogens is 2. The summed E-state index contributed by atoms with van der Waals surface area (Å²) >= 11 is 0. The Morgan fingerprint density at radius 3 is 1.88 bits per heavy atom. The highest BCUT2D eigenvalue weighted by Gasteiger charge is 2.14. The molecule has 0 spiro atoms. The van der Waals surface area contributed by atoms with Gasteiger partial charge in [0.15, 0.2) is 0 Å². The third-order valence-corrected chi connectivity index (χ3v) is 0.936. The monoisotopic (exact) mass is 160 g/mol. The summed E-state index contributed by atoms with van der Waals surface area (Å²) < 4.78 is 0. The Labute approximate surface area is 60.7 Å². The second-order valence-corrected chi connectivity index (χ2v) is 1.42. The fourth-order valence-electron chi connectivity index (χ4n) is 0.358. The predicted octanol–water partition coefficient (Wildman–Crippen LogP) is -0.308. The first-order valence-electron chi connectivity index (χ1n) is 2.00. The first-order valence-corrected chi connectivity index (χ1v) is 2.00. The fraction of sp³-hybridized carbons (Fsp3) is 1.00. The highest BCUT2D eigenvalue weighted by molar-refractivity contribution is 5.85. The largest absolute Gasteiger partial charge is 0.311 e. The topological polar surface area (TPSA) is 47.3 Å². The van der Waals surface area contributed by atoms with Gasteiger partial charge in [0.25, 0.3) is 0 Å². The van der Waals surface area contributed by atoms with Gasteiger partial charge in [-0.2, -0.15) is 0 Å². The maximum atomic E-state index is 4.79. The van der Waals surface area contributed by atoms with Crippen LogP contribution in [0.4, 0.5) is 0 Å². The lowest BCUT2D eigenvalue weighted by atomic mass is 10.2. The van der Waals surface area contributed by atoms with Crippen LogP contribution in [-0.2, 0) is 4.84 Å². The molecule has 3 N–H and O–H groups in total. The van der Waals surface area contributed by atoms with Crippen molar-refractivity contribution >= 4 is 24.8 Å². The summed E-state index contributed by atoms with van der Waals surface area (Å²) in [6, 6.07) is 0. The minimum absolute atomic E-state index is 0. The number of nitrogens with one attached hydrogen (secondary N) is 1. The molecule has 3 nitrogen and oxygen atoms in total. The van der Waals surface area contributed by atoms with Gasteiger partial charge < -0.3 is 5.32 Å². The first kappa shape index (κ1) is 11.3. The Balaban J connectivity index is 0. The van der Waals surface area contributed by atoms with Crippen LogP contribution in [-0.4, -0.2) is 19.2 Å². The predicted molar refractivity (Wildman–Crippen MR) is 36.4 cm³/mol. The van der Waals surface area contributed by atoms with E-state index >= 15 is 0 Å². The fourth-order valence-corrected chi connectivity index (χ4v) is 0.358. The van der Waals surface area contributed by atoms with Crippen molar-refractivity contribution in [2.75, 3.05) is 13.1 Å². The van der Waals surface area contributed by atoms with Crippen molar-refractivity contribution in [3.63, 3.8) is 0 Å². The van der Waals surface area contributed by atoms with Crippen LogP contribution in [0.2, 0.25) is 0 Å². The average molecular weight is 161 g/mol. The second kappa shape index (κ2) is 5.59. The van der Waals surface area contributed by atoms with Gasteiger partial charge in [0.1, 0.15) is 6.10 Å². The van der Waals surface area contributed by atoms with E-state index in [1.807, 2.05) is 0 Å². The summed E-state index contributed by atoms with van der Waals surface area (Å²) in [6.07, 6.45) is 0.282. The standard InChI is InChI=1S/C3H8N2O.2ClH/c4-6-3-1-5-2-3;;/h3,5H,1-2,4H2;2*1H. The van der Waals surface area contributed by atoms with Gasteiger partial charge in [-0.3, -0.25) is 4.84 Å². The lowest BCUT2D eigenvalue weighted by Gasteiger charge is -2.23. The summed E-state index contributed by atoms with van der Waals surface area (Å²) in [5, 5.41) is 3.01. The van der Waals surface area contributed by atoms with E-state index in [1.54, 1.807) is 0 Å². The van der Waals surface area contributed by atoms with E-state index in [1.165, 1.54) is 0 Å². The third kappa shape index (κ3) is 2.69. The molecule has 0 aromatic carbocycles. The summed E-state index contributed by atoms with van der Waals surface area (Å²) in [5.41, 5.74) is 0. The molecular weight excluding hydrogens is 151 g/mol. The number of nitrogens with two attached hydrogens (primary N) is 1. The van der Waals surface area contributed by atoms with Crippen LogP contribution in [0.1, 0.15) is 0 Å². The molecule has 1 aliphatic rings. The summed E-state index contributed by atoms with van der Waals surface area (Å²) in [7, 11) is 0. The zero-order valence-electron chi connectivity index (χ0n) is 4.29. The van der Waals surface area contributed by atoms with Crippen molar-refractivity contribution in [2.24, 2.45) is 5.90 Å². The SMILES string of the molecule is Cl.Cl.NOC1CNC1. The summed E-state index contributed by atoms with van der Waals surface area (Å²) in [4.78, 5) is 4.42. The van der Waals surface area contributed by atoms with Crippen molar-refractivity contribution in [3.8, 4) is 0 Å². The zero-order valence-corrected chi connectivity index (χ0v) is 5.93. The van der Waals surface area contributed by atoms with E-state index in [9.17, 15) is 0 Å². The van der Waals surface area contributed by atoms with Crippen LogP contribution in [0.3, 0.4) is 0 Å². The Bertz CT molecular complexity index is 47.8. The normalized spacial score (nSPS) is 17.6. The Morgan fingerprint density at radius 1 is 1.38 bits per heavy atom. The summed E-state index contributed by atoms with van der Waals surface area (Å²) in [5.74, 6) is 4.79. The van der Waals surface area contributed by atoms with Gasteiger partial charge in [-0.05, 0) is 0 Å². The van der Waals surface area contributed by atoms with E-state index in [2.05, 4.69) is 10.2 Å². The molecule has 0 aromatic rings. The van der Waals surface area contributed by atoms with Gasteiger partial charge in [-0.25, -0.2) is 5.90 Å². The molecule has 0 bridgehead atoms. The lowest BCUT2D eigenvalue weighted by Crippen LogP contribution is -2.49. The molecule has 1 rings (SSSR count). The Kier molecular flexibility index (Phi) is 7.89. The summed E-state index contributed by atoms with van der Waals surface area (Å²) in [6.45, 7) is 1.83. The highest BCUT2D eigenvalue weighted by atomic mass is 35.5. The number of hydrogen-bond acceptors (Lipinski definition) is 3. The van der Waals surface area contributed by atoms with Crippen LogP contribution >= 0.6 is 24.8 Å². The molecule has 0 atom stereocenters. The maximum absolute atomic E-state index is 4.79. The van der Waals surface area contributed by atoms with Gasteiger partial charge in [0.2, 0.25) is 0 Å². The minimum atomic E-state index is 0. The molecule has 0 saturated carbocycles. The number of rotatable bonds is 1.